The number of amides is 1. The Hall–Kier alpha value is -1.36. The average Bonchev–Trinajstić information content (AvgIpc) is 3.00. The smallest absolute Gasteiger partial charge is 0.263 e. The van der Waals surface area contributed by atoms with Gasteiger partial charge < -0.3 is 9.64 Å². The van der Waals surface area contributed by atoms with Gasteiger partial charge in [0.25, 0.3) is 5.91 Å². The Morgan fingerprint density at radius 1 is 1.27 bits per heavy atom. The van der Waals surface area contributed by atoms with E-state index in [0.29, 0.717) is 16.5 Å². The van der Waals surface area contributed by atoms with Crippen molar-refractivity contribution in [1.82, 2.24) is 4.90 Å². The first kappa shape index (κ1) is 15.5. The lowest BCUT2D eigenvalue weighted by Gasteiger charge is -2.31. The molecule has 0 N–H and O–H groups in total. The number of nitrogens with zero attached hydrogens (tertiary/aromatic N) is 1. The maximum Gasteiger partial charge on any atom is 0.263 e. The summed E-state index contributed by atoms with van der Waals surface area (Å²) in [5.41, 5.74) is 1.19. The molecular formula is C17H18ClNO2S. The van der Waals surface area contributed by atoms with Crippen molar-refractivity contribution in [2.45, 2.75) is 25.6 Å². The van der Waals surface area contributed by atoms with Crippen LogP contribution in [0.25, 0.3) is 0 Å². The third-order valence-electron chi connectivity index (χ3n) is 3.84. The molecule has 5 heteroatoms. The zero-order chi connectivity index (χ0) is 15.4. The summed E-state index contributed by atoms with van der Waals surface area (Å²) in [6.45, 7) is 2.13. The lowest BCUT2D eigenvalue weighted by molar-refractivity contribution is -0.000269. The van der Waals surface area contributed by atoms with Crippen molar-refractivity contribution in [3.63, 3.8) is 0 Å². The molecule has 1 aliphatic heterocycles. The van der Waals surface area contributed by atoms with Gasteiger partial charge in [0.15, 0.2) is 0 Å². The lowest BCUT2D eigenvalue weighted by Crippen LogP contribution is -2.40. The monoisotopic (exact) mass is 335 g/mol. The van der Waals surface area contributed by atoms with Crippen molar-refractivity contribution in [2.75, 3.05) is 13.1 Å². The van der Waals surface area contributed by atoms with Crippen LogP contribution >= 0.6 is 22.9 Å². The molecule has 1 amide bonds. The molecule has 0 spiro atoms. The van der Waals surface area contributed by atoms with Crippen LogP contribution in [0, 0.1) is 0 Å². The summed E-state index contributed by atoms with van der Waals surface area (Å²) in [5.74, 6) is 0.0819. The number of piperidine rings is 1. The summed E-state index contributed by atoms with van der Waals surface area (Å²) >= 11 is 7.29. The van der Waals surface area contributed by atoms with Gasteiger partial charge in [0.05, 0.1) is 22.6 Å². The second-order valence-corrected chi connectivity index (χ2v) is 6.77. The molecule has 0 unspecified atom stereocenters. The fourth-order valence-electron chi connectivity index (χ4n) is 2.59. The van der Waals surface area contributed by atoms with Crippen LogP contribution in [0.1, 0.15) is 28.1 Å². The number of halogens is 1. The average molecular weight is 336 g/mol. The Morgan fingerprint density at radius 3 is 2.64 bits per heavy atom. The molecule has 0 radical (unpaired) electrons. The van der Waals surface area contributed by atoms with E-state index in [1.165, 1.54) is 16.9 Å². The number of ether oxygens (including phenoxy) is 1. The third-order valence-corrected chi connectivity index (χ3v) is 5.10. The van der Waals surface area contributed by atoms with E-state index in [0.717, 1.165) is 25.9 Å². The van der Waals surface area contributed by atoms with Gasteiger partial charge in [0.2, 0.25) is 0 Å². The van der Waals surface area contributed by atoms with E-state index in [1.54, 1.807) is 11.4 Å². The van der Waals surface area contributed by atoms with E-state index in [9.17, 15) is 4.79 Å². The van der Waals surface area contributed by atoms with E-state index in [2.05, 4.69) is 12.1 Å². The minimum Gasteiger partial charge on any atom is -0.373 e. The number of likely N-dealkylation sites (tertiary alicyclic amines) is 1. The Morgan fingerprint density at radius 2 is 2.00 bits per heavy atom. The summed E-state index contributed by atoms with van der Waals surface area (Å²) in [6.07, 6.45) is 2.01. The Labute approximate surface area is 139 Å². The fraction of sp³-hybridized carbons (Fsp3) is 0.353. The molecule has 22 heavy (non-hydrogen) atoms. The zero-order valence-electron chi connectivity index (χ0n) is 12.2. The second-order valence-electron chi connectivity index (χ2n) is 5.42. The van der Waals surface area contributed by atoms with E-state index in [-0.39, 0.29) is 12.0 Å². The molecule has 3 nitrogen and oxygen atoms in total. The highest BCUT2D eigenvalue weighted by atomic mass is 35.5. The fourth-order valence-corrected chi connectivity index (χ4v) is 3.63. The number of benzene rings is 1. The predicted octanol–water partition coefficient (Wildman–Crippen LogP) is 4.22. The van der Waals surface area contributed by atoms with Crippen LogP contribution in [0.15, 0.2) is 41.8 Å². The van der Waals surface area contributed by atoms with Crippen LogP contribution in [-0.4, -0.2) is 30.0 Å². The summed E-state index contributed by atoms with van der Waals surface area (Å²) < 4.78 is 5.95. The Balaban J connectivity index is 1.47. The summed E-state index contributed by atoms with van der Waals surface area (Å²) in [7, 11) is 0. The van der Waals surface area contributed by atoms with Crippen LogP contribution in [-0.2, 0) is 11.3 Å². The van der Waals surface area contributed by atoms with Crippen LogP contribution in [0.5, 0.6) is 0 Å². The number of carbonyl (C=O) groups is 1. The van der Waals surface area contributed by atoms with Crippen LogP contribution in [0.3, 0.4) is 0 Å². The number of hydrogen-bond donors (Lipinski definition) is 0. The molecule has 0 bridgehead atoms. The van der Waals surface area contributed by atoms with Gasteiger partial charge in [0, 0.05) is 18.5 Å². The highest BCUT2D eigenvalue weighted by Crippen LogP contribution is 2.23. The van der Waals surface area contributed by atoms with E-state index in [1.807, 2.05) is 23.1 Å². The third kappa shape index (κ3) is 3.88. The van der Waals surface area contributed by atoms with Gasteiger partial charge >= 0.3 is 0 Å². The van der Waals surface area contributed by atoms with Crippen molar-refractivity contribution in [3.05, 3.63) is 57.2 Å². The van der Waals surface area contributed by atoms with Gasteiger partial charge in [-0.2, -0.15) is 0 Å². The summed E-state index contributed by atoms with van der Waals surface area (Å²) in [5, 5.41) is 2.43. The molecule has 0 atom stereocenters. The highest BCUT2D eigenvalue weighted by molar-refractivity contribution is 7.12. The highest BCUT2D eigenvalue weighted by Gasteiger charge is 2.24. The van der Waals surface area contributed by atoms with Crippen molar-refractivity contribution < 1.29 is 9.53 Å². The first-order valence-corrected chi connectivity index (χ1v) is 8.67. The number of carbonyl (C=O) groups excluding carboxylic acids is 1. The zero-order valence-corrected chi connectivity index (χ0v) is 13.8. The number of hydrogen-bond acceptors (Lipinski definition) is 3. The minimum absolute atomic E-state index is 0.0819. The SMILES string of the molecule is O=C(c1cc(Cl)cs1)N1CCC(OCc2ccccc2)CC1. The van der Waals surface area contributed by atoms with Gasteiger partial charge in [0.1, 0.15) is 0 Å². The van der Waals surface area contributed by atoms with Gasteiger partial charge in [-0.05, 0) is 24.5 Å². The van der Waals surface area contributed by atoms with Gasteiger partial charge in [-0.1, -0.05) is 41.9 Å². The molecule has 1 aromatic carbocycles. The van der Waals surface area contributed by atoms with Crippen molar-refractivity contribution in [3.8, 4) is 0 Å². The number of rotatable bonds is 4. The van der Waals surface area contributed by atoms with Gasteiger partial charge in [-0.15, -0.1) is 11.3 Å². The molecule has 3 rings (SSSR count). The predicted molar refractivity (Wildman–Crippen MR) is 89.5 cm³/mol. The second kappa shape index (κ2) is 7.27. The normalized spacial score (nSPS) is 16.0. The molecule has 2 aromatic rings. The molecular weight excluding hydrogens is 318 g/mol. The number of thiophene rings is 1. The largest absolute Gasteiger partial charge is 0.373 e. The molecule has 116 valence electrons. The van der Waals surface area contributed by atoms with E-state index < -0.39 is 0 Å². The lowest BCUT2D eigenvalue weighted by atomic mass is 10.1. The molecule has 1 fully saturated rings. The van der Waals surface area contributed by atoms with Crippen molar-refractivity contribution >= 4 is 28.8 Å². The van der Waals surface area contributed by atoms with Crippen LogP contribution in [0.2, 0.25) is 5.02 Å². The van der Waals surface area contributed by atoms with Crippen LogP contribution < -0.4 is 0 Å². The summed E-state index contributed by atoms with van der Waals surface area (Å²) in [6, 6.07) is 11.9. The Kier molecular flexibility index (Phi) is 5.13. The molecule has 2 heterocycles. The van der Waals surface area contributed by atoms with Gasteiger partial charge in [-0.3, -0.25) is 4.79 Å². The molecule has 0 aliphatic carbocycles. The van der Waals surface area contributed by atoms with E-state index >= 15 is 0 Å². The Bertz CT molecular complexity index is 621. The van der Waals surface area contributed by atoms with E-state index in [4.69, 9.17) is 16.3 Å². The molecule has 0 saturated carbocycles. The molecule has 1 aliphatic rings. The maximum absolute atomic E-state index is 12.3. The maximum atomic E-state index is 12.3. The van der Waals surface area contributed by atoms with Gasteiger partial charge in [-0.25, -0.2) is 0 Å². The quantitative estimate of drug-likeness (QED) is 0.837. The minimum atomic E-state index is 0.0819. The molecule has 1 saturated heterocycles. The van der Waals surface area contributed by atoms with Crippen molar-refractivity contribution in [1.29, 1.82) is 0 Å². The van der Waals surface area contributed by atoms with Crippen LogP contribution in [0.4, 0.5) is 0 Å². The first-order valence-electron chi connectivity index (χ1n) is 7.41. The first-order chi connectivity index (χ1) is 10.7. The standard InChI is InChI=1S/C17H18ClNO2S/c18-14-10-16(22-12-14)17(20)19-8-6-15(7-9-19)21-11-13-4-2-1-3-5-13/h1-5,10,12,15H,6-9,11H2. The molecule has 1 aromatic heterocycles. The van der Waals surface area contributed by atoms with Crippen molar-refractivity contribution in [2.24, 2.45) is 0 Å². The topological polar surface area (TPSA) is 29.5 Å². The summed E-state index contributed by atoms with van der Waals surface area (Å²) in [4.78, 5) is 14.9.